The van der Waals surface area contributed by atoms with Gasteiger partial charge in [0.15, 0.2) is 0 Å². The quantitative estimate of drug-likeness (QED) is 0.428. The summed E-state index contributed by atoms with van der Waals surface area (Å²) in [5.74, 6) is 0. The highest BCUT2D eigenvalue weighted by atomic mass is 16.6. The van der Waals surface area contributed by atoms with Gasteiger partial charge in [-0.1, -0.05) is 0 Å². The van der Waals surface area contributed by atoms with E-state index in [4.69, 9.17) is 14.7 Å². The van der Waals surface area contributed by atoms with Crippen molar-refractivity contribution in [3.05, 3.63) is 0 Å². The zero-order chi connectivity index (χ0) is 23.0. The van der Waals surface area contributed by atoms with Gasteiger partial charge in [0.1, 0.15) is 11.2 Å². The second-order valence-corrected chi connectivity index (χ2v) is 9.37. The van der Waals surface area contributed by atoms with E-state index in [1.807, 2.05) is 41.5 Å². The molecule has 0 aromatic rings. The van der Waals surface area contributed by atoms with Crippen molar-refractivity contribution in [1.29, 1.82) is 5.26 Å². The average molecular weight is 427 g/mol. The molecule has 2 N–H and O–H groups in total. The van der Waals surface area contributed by atoms with E-state index in [0.29, 0.717) is 19.5 Å². The number of ether oxygens (including phenoxy) is 2. The molecule has 8 nitrogen and oxygen atoms in total. The molecule has 0 bridgehead atoms. The predicted molar refractivity (Wildman–Crippen MR) is 118 cm³/mol. The number of nitrogens with zero attached hydrogens (tertiary/aromatic N) is 2. The van der Waals surface area contributed by atoms with Crippen molar-refractivity contribution >= 4 is 12.2 Å². The largest absolute Gasteiger partial charge is 0.444 e. The van der Waals surface area contributed by atoms with Crippen molar-refractivity contribution in [2.75, 3.05) is 32.7 Å². The number of carbonyl (C=O) groups excluding carboxylic acids is 2. The Morgan fingerprint density at radius 3 is 1.67 bits per heavy atom. The third kappa shape index (κ3) is 19.3. The first-order valence-corrected chi connectivity index (χ1v) is 11.0. The minimum Gasteiger partial charge on any atom is -0.444 e. The van der Waals surface area contributed by atoms with E-state index in [0.717, 1.165) is 51.7 Å². The van der Waals surface area contributed by atoms with Gasteiger partial charge in [0, 0.05) is 19.5 Å². The Kier molecular flexibility index (Phi) is 13.9. The third-order valence-electron chi connectivity index (χ3n) is 3.90. The van der Waals surface area contributed by atoms with E-state index in [-0.39, 0.29) is 6.09 Å². The van der Waals surface area contributed by atoms with Crippen LogP contribution in [0.15, 0.2) is 0 Å². The number of carbonyl (C=O) groups is 2. The van der Waals surface area contributed by atoms with Gasteiger partial charge in [-0.25, -0.2) is 9.59 Å². The second kappa shape index (κ2) is 14.9. The van der Waals surface area contributed by atoms with Gasteiger partial charge < -0.3 is 25.0 Å². The molecule has 0 unspecified atom stereocenters. The van der Waals surface area contributed by atoms with Crippen molar-refractivity contribution in [1.82, 2.24) is 15.5 Å². The Balaban J connectivity index is 4.14. The molecule has 0 saturated carbocycles. The zero-order valence-corrected chi connectivity index (χ0v) is 19.8. The molecule has 0 aliphatic heterocycles. The van der Waals surface area contributed by atoms with Crippen molar-refractivity contribution in [2.45, 2.75) is 91.3 Å². The molecular weight excluding hydrogens is 384 g/mol. The van der Waals surface area contributed by atoms with Crippen LogP contribution >= 0.6 is 0 Å². The molecule has 0 spiro atoms. The lowest BCUT2D eigenvalue weighted by Gasteiger charge is -2.23. The molecule has 8 heteroatoms. The van der Waals surface area contributed by atoms with Crippen LogP contribution in [0.2, 0.25) is 0 Å². The normalized spacial score (nSPS) is 11.7. The van der Waals surface area contributed by atoms with Crippen LogP contribution in [0.5, 0.6) is 0 Å². The molecule has 0 fully saturated rings. The highest BCUT2D eigenvalue weighted by Crippen LogP contribution is 2.07. The number of nitrogens with one attached hydrogen (secondary N) is 2. The molecule has 2 amide bonds. The summed E-state index contributed by atoms with van der Waals surface area (Å²) in [4.78, 5) is 25.7. The topological polar surface area (TPSA) is 104 Å². The highest BCUT2D eigenvalue weighted by molar-refractivity contribution is 5.67. The Labute approximate surface area is 182 Å². The number of hydrogen-bond donors (Lipinski definition) is 2. The summed E-state index contributed by atoms with van der Waals surface area (Å²) >= 11 is 0. The van der Waals surface area contributed by atoms with Crippen molar-refractivity contribution < 1.29 is 19.1 Å². The van der Waals surface area contributed by atoms with Gasteiger partial charge in [-0.2, -0.15) is 5.26 Å². The number of unbranched alkanes of at least 4 members (excludes halogenated alkanes) is 3. The van der Waals surface area contributed by atoms with Gasteiger partial charge >= 0.3 is 12.2 Å². The first-order chi connectivity index (χ1) is 13.9. The predicted octanol–water partition coefficient (Wildman–Crippen LogP) is 4.20. The fraction of sp³-hybridized carbons (Fsp3) is 0.864. The molecule has 0 aromatic carbocycles. The molecule has 174 valence electrons. The maximum Gasteiger partial charge on any atom is 0.407 e. The summed E-state index contributed by atoms with van der Waals surface area (Å²) < 4.78 is 10.5. The highest BCUT2D eigenvalue weighted by Gasteiger charge is 2.16. The van der Waals surface area contributed by atoms with Crippen molar-refractivity contribution in [2.24, 2.45) is 0 Å². The van der Waals surface area contributed by atoms with Gasteiger partial charge in [-0.3, -0.25) is 0 Å². The Morgan fingerprint density at radius 2 is 1.20 bits per heavy atom. The molecule has 0 saturated heterocycles. The Bertz CT molecular complexity index is 533. The third-order valence-corrected chi connectivity index (χ3v) is 3.90. The molecule has 0 aromatic heterocycles. The minimum absolute atomic E-state index is 0.385. The maximum atomic E-state index is 11.7. The van der Waals surface area contributed by atoms with Crippen LogP contribution in [0.25, 0.3) is 0 Å². The van der Waals surface area contributed by atoms with E-state index in [9.17, 15) is 9.59 Å². The van der Waals surface area contributed by atoms with Crippen LogP contribution in [0, 0.1) is 11.3 Å². The molecule has 0 aliphatic carbocycles. The van der Waals surface area contributed by atoms with E-state index in [2.05, 4.69) is 21.6 Å². The summed E-state index contributed by atoms with van der Waals surface area (Å²) in [6, 6.07) is 2.18. The minimum atomic E-state index is -0.496. The lowest BCUT2D eigenvalue weighted by molar-refractivity contribution is 0.0513. The van der Waals surface area contributed by atoms with Gasteiger partial charge in [-0.05, 0) is 93.3 Å². The average Bonchev–Trinajstić information content (AvgIpc) is 2.58. The summed E-state index contributed by atoms with van der Waals surface area (Å²) in [7, 11) is 0. The monoisotopic (exact) mass is 426 g/mol. The molecule has 30 heavy (non-hydrogen) atoms. The Morgan fingerprint density at radius 1 is 0.767 bits per heavy atom. The fourth-order valence-electron chi connectivity index (χ4n) is 2.65. The smallest absolute Gasteiger partial charge is 0.407 e. The molecule has 0 heterocycles. The van der Waals surface area contributed by atoms with E-state index >= 15 is 0 Å². The number of alkyl carbamates (subject to hydrolysis) is 2. The molecule has 0 aliphatic rings. The maximum absolute atomic E-state index is 11.7. The van der Waals surface area contributed by atoms with Gasteiger partial charge in [0.05, 0.1) is 6.07 Å². The summed E-state index contributed by atoms with van der Waals surface area (Å²) in [5, 5.41) is 14.3. The summed E-state index contributed by atoms with van der Waals surface area (Å²) in [6.45, 7) is 14.9. The van der Waals surface area contributed by atoms with Gasteiger partial charge in [-0.15, -0.1) is 0 Å². The lowest BCUT2D eigenvalue weighted by atomic mass is 10.2. The zero-order valence-electron chi connectivity index (χ0n) is 19.8. The molecule has 0 atom stereocenters. The van der Waals surface area contributed by atoms with E-state index in [1.54, 1.807) is 0 Å². The SMILES string of the molecule is CC(C)(C)OC(=O)NCCCCN(CCCCC#N)CCCNC(=O)OC(C)(C)C. The van der Waals surface area contributed by atoms with E-state index in [1.165, 1.54) is 0 Å². The first kappa shape index (κ1) is 28.0. The van der Waals surface area contributed by atoms with Crippen LogP contribution in [-0.2, 0) is 9.47 Å². The second-order valence-electron chi connectivity index (χ2n) is 9.37. The number of hydrogen-bond acceptors (Lipinski definition) is 6. The number of amides is 2. The van der Waals surface area contributed by atoms with Crippen LogP contribution < -0.4 is 10.6 Å². The first-order valence-electron chi connectivity index (χ1n) is 11.0. The summed E-state index contributed by atoms with van der Waals surface area (Å²) in [6.07, 6.45) is 4.31. The van der Waals surface area contributed by atoms with Gasteiger partial charge in [0.25, 0.3) is 0 Å². The lowest BCUT2D eigenvalue weighted by Crippen LogP contribution is -2.35. The fourth-order valence-corrected chi connectivity index (χ4v) is 2.65. The van der Waals surface area contributed by atoms with Crippen LogP contribution in [0.1, 0.15) is 80.1 Å². The molecule has 0 radical (unpaired) electrons. The van der Waals surface area contributed by atoms with E-state index < -0.39 is 17.3 Å². The number of rotatable bonds is 13. The Hall–Kier alpha value is -2.01. The van der Waals surface area contributed by atoms with Crippen molar-refractivity contribution in [3.8, 4) is 6.07 Å². The summed E-state index contributed by atoms with van der Waals surface area (Å²) in [5.41, 5.74) is -0.984. The standard InChI is InChI=1S/C22H42N4O4/c1-21(2,3)29-19(27)24-14-9-11-17-26(16-10-7-8-13-23)18-12-15-25-20(28)30-22(4,5)6/h7-12,14-18H2,1-6H3,(H,24,27)(H,25,28). The molecule has 0 rings (SSSR count). The molecular formula is C22H42N4O4. The van der Waals surface area contributed by atoms with Crippen molar-refractivity contribution in [3.63, 3.8) is 0 Å². The van der Waals surface area contributed by atoms with Gasteiger partial charge in [0.2, 0.25) is 0 Å². The van der Waals surface area contributed by atoms with Crippen LogP contribution in [0.4, 0.5) is 9.59 Å². The van der Waals surface area contributed by atoms with Crippen LogP contribution in [-0.4, -0.2) is 61.0 Å². The number of nitriles is 1. The van der Waals surface area contributed by atoms with Crippen LogP contribution in [0.3, 0.4) is 0 Å².